The molecule has 0 saturated heterocycles. The van der Waals surface area contributed by atoms with E-state index in [1.165, 1.54) is 25.7 Å². The highest BCUT2D eigenvalue weighted by Crippen LogP contribution is 2.38. The minimum atomic E-state index is -0.990. The van der Waals surface area contributed by atoms with Gasteiger partial charge in [-0.2, -0.15) is 0 Å². The van der Waals surface area contributed by atoms with E-state index in [4.69, 9.17) is 0 Å². The van der Waals surface area contributed by atoms with Crippen LogP contribution in [0.25, 0.3) is 0 Å². The van der Waals surface area contributed by atoms with Gasteiger partial charge in [0.1, 0.15) is 5.69 Å². The van der Waals surface area contributed by atoms with Crippen molar-refractivity contribution in [2.24, 2.45) is 5.92 Å². The maximum Gasteiger partial charge on any atom is 0.352 e. The minimum Gasteiger partial charge on any atom is -0.477 e. The zero-order valence-electron chi connectivity index (χ0n) is 14.7. The summed E-state index contributed by atoms with van der Waals surface area (Å²) in [4.78, 5) is 15.3. The first kappa shape index (κ1) is 17.9. The summed E-state index contributed by atoms with van der Waals surface area (Å²) in [7, 11) is -0.990. The van der Waals surface area contributed by atoms with Crippen LogP contribution in [0.5, 0.6) is 0 Å². The van der Waals surface area contributed by atoms with Gasteiger partial charge >= 0.3 is 5.97 Å². The number of benzene rings is 1. The molecule has 1 aromatic carbocycles. The lowest BCUT2D eigenvalue weighted by Gasteiger charge is -2.20. The van der Waals surface area contributed by atoms with Crippen LogP contribution in [0.1, 0.15) is 65.3 Å². The molecule has 2 aromatic rings. The molecular formula is C20H25NO3S. The summed E-state index contributed by atoms with van der Waals surface area (Å²) in [6.07, 6.45) is 7.77. The molecule has 1 saturated carbocycles. The summed E-state index contributed by atoms with van der Waals surface area (Å²) in [6.45, 7) is 1.83. The molecule has 1 fully saturated rings. The van der Waals surface area contributed by atoms with Crippen molar-refractivity contribution in [1.82, 2.24) is 4.98 Å². The number of hydrogen-bond acceptors (Lipinski definition) is 2. The molecule has 2 N–H and O–H groups in total. The number of carboxylic acid groups (broad SMARTS) is 1. The lowest BCUT2D eigenvalue weighted by atomic mass is 9.85. The minimum absolute atomic E-state index is 0.147. The first-order valence-electron chi connectivity index (χ1n) is 8.82. The third kappa shape index (κ3) is 4.03. The van der Waals surface area contributed by atoms with Crippen molar-refractivity contribution in [2.45, 2.75) is 49.8 Å². The topological polar surface area (TPSA) is 70.2 Å². The Labute approximate surface area is 151 Å². The van der Waals surface area contributed by atoms with Crippen LogP contribution in [0.15, 0.2) is 35.2 Å². The number of hydrogen-bond donors (Lipinski definition) is 2. The van der Waals surface area contributed by atoms with E-state index in [1.807, 2.05) is 37.3 Å². The van der Waals surface area contributed by atoms with Gasteiger partial charge in [0.05, 0.1) is 0 Å². The molecule has 0 amide bonds. The van der Waals surface area contributed by atoms with E-state index in [9.17, 15) is 14.1 Å². The van der Waals surface area contributed by atoms with E-state index in [2.05, 4.69) is 4.98 Å². The molecule has 4 nitrogen and oxygen atoms in total. The molecule has 2 atom stereocenters. The van der Waals surface area contributed by atoms with E-state index in [1.54, 1.807) is 6.26 Å². The lowest BCUT2D eigenvalue weighted by Crippen LogP contribution is -2.08. The Balaban J connectivity index is 1.95. The number of nitrogens with one attached hydrogen (secondary N) is 1. The Bertz CT molecular complexity index is 773. The molecule has 0 aliphatic heterocycles. The van der Waals surface area contributed by atoms with Gasteiger partial charge in [-0.05, 0) is 48.6 Å². The molecule has 5 heteroatoms. The molecule has 0 spiro atoms. The van der Waals surface area contributed by atoms with Gasteiger partial charge in [0.25, 0.3) is 0 Å². The number of aromatic amines is 1. The quantitative estimate of drug-likeness (QED) is 0.799. The van der Waals surface area contributed by atoms with Crippen molar-refractivity contribution in [2.75, 3.05) is 6.26 Å². The molecule has 1 aliphatic rings. The number of aryl methyl sites for hydroxylation is 1. The van der Waals surface area contributed by atoms with E-state index < -0.39 is 16.8 Å². The Morgan fingerprint density at radius 3 is 2.44 bits per heavy atom. The van der Waals surface area contributed by atoms with E-state index in [0.717, 1.165) is 28.1 Å². The van der Waals surface area contributed by atoms with Crippen LogP contribution < -0.4 is 0 Å². The van der Waals surface area contributed by atoms with Gasteiger partial charge in [-0.1, -0.05) is 37.8 Å². The molecule has 134 valence electrons. The number of aromatic carboxylic acids is 1. The summed E-state index contributed by atoms with van der Waals surface area (Å²) in [5, 5.41) is 9.35. The molecule has 25 heavy (non-hydrogen) atoms. The third-order valence-corrected chi connectivity index (χ3v) is 6.22. The molecule has 1 aliphatic carbocycles. The average molecular weight is 359 g/mol. The molecule has 2 unspecified atom stereocenters. The summed E-state index contributed by atoms with van der Waals surface area (Å²) in [6, 6.07) is 9.87. The van der Waals surface area contributed by atoms with Crippen LogP contribution >= 0.6 is 0 Å². The van der Waals surface area contributed by atoms with Gasteiger partial charge in [-0.25, -0.2) is 4.79 Å². The second-order valence-electron chi connectivity index (χ2n) is 7.05. The van der Waals surface area contributed by atoms with E-state index in [-0.39, 0.29) is 11.6 Å². The molecule has 0 bridgehead atoms. The fourth-order valence-corrected chi connectivity index (χ4v) is 4.43. The van der Waals surface area contributed by atoms with Crippen LogP contribution in [0.3, 0.4) is 0 Å². The van der Waals surface area contributed by atoms with Crippen molar-refractivity contribution < 1.29 is 14.1 Å². The smallest absolute Gasteiger partial charge is 0.352 e. The molecule has 1 heterocycles. The van der Waals surface area contributed by atoms with Gasteiger partial charge in [0.15, 0.2) is 0 Å². The molecule has 0 radical (unpaired) electrons. The first-order chi connectivity index (χ1) is 12.0. The first-order valence-corrected chi connectivity index (χ1v) is 10.4. The van der Waals surface area contributed by atoms with E-state index >= 15 is 0 Å². The van der Waals surface area contributed by atoms with Crippen molar-refractivity contribution in [3.8, 4) is 0 Å². The lowest BCUT2D eigenvalue weighted by molar-refractivity contribution is 0.0690. The second kappa shape index (κ2) is 7.56. The normalized spacial score (nSPS) is 17.5. The summed E-state index contributed by atoms with van der Waals surface area (Å²) >= 11 is 0. The molecular weight excluding hydrogens is 334 g/mol. The SMILES string of the molecule is Cc1cc(C(CC2CCCC2)c2ccc(S(C)=O)cc2)[nH]c1C(=O)O. The predicted octanol–water partition coefficient (Wildman–Crippen LogP) is 4.47. The monoisotopic (exact) mass is 359 g/mol. The Morgan fingerprint density at radius 1 is 1.28 bits per heavy atom. The third-order valence-electron chi connectivity index (χ3n) is 5.28. The summed E-state index contributed by atoms with van der Waals surface area (Å²) in [5.74, 6) is -0.0868. The maximum atomic E-state index is 11.6. The van der Waals surface area contributed by atoms with Crippen molar-refractivity contribution in [3.05, 3.63) is 52.8 Å². The maximum absolute atomic E-state index is 11.6. The van der Waals surface area contributed by atoms with Crippen LogP contribution in [0.2, 0.25) is 0 Å². The highest BCUT2D eigenvalue weighted by molar-refractivity contribution is 7.84. The number of carboxylic acids is 1. The largest absolute Gasteiger partial charge is 0.477 e. The summed E-state index contributed by atoms with van der Waals surface area (Å²) in [5.41, 5.74) is 3.16. The molecule has 3 rings (SSSR count). The van der Waals surface area contributed by atoms with Gasteiger partial charge in [0.2, 0.25) is 0 Å². The Hall–Kier alpha value is -1.88. The second-order valence-corrected chi connectivity index (χ2v) is 8.43. The zero-order chi connectivity index (χ0) is 18.0. The van der Waals surface area contributed by atoms with Gasteiger partial charge < -0.3 is 10.1 Å². The number of carbonyl (C=O) groups is 1. The number of H-pyrrole nitrogens is 1. The summed E-state index contributed by atoms with van der Waals surface area (Å²) < 4.78 is 11.6. The fourth-order valence-electron chi connectivity index (χ4n) is 3.91. The van der Waals surface area contributed by atoms with Gasteiger partial charge in [0, 0.05) is 33.6 Å². The van der Waals surface area contributed by atoms with Crippen molar-refractivity contribution in [3.63, 3.8) is 0 Å². The van der Waals surface area contributed by atoms with Crippen LogP contribution in [0, 0.1) is 12.8 Å². The van der Waals surface area contributed by atoms with E-state index in [0.29, 0.717) is 5.92 Å². The standard InChI is InChI=1S/C20H25NO3S/c1-13-11-18(21-19(13)20(22)23)17(12-14-5-3-4-6-14)15-7-9-16(10-8-15)25(2)24/h7-11,14,17,21H,3-6,12H2,1-2H3,(H,22,23). The van der Waals surface area contributed by atoms with Crippen LogP contribution in [0.4, 0.5) is 0 Å². The van der Waals surface area contributed by atoms with Crippen molar-refractivity contribution >= 4 is 16.8 Å². The highest BCUT2D eigenvalue weighted by atomic mass is 32.2. The van der Waals surface area contributed by atoms with Crippen LogP contribution in [-0.4, -0.2) is 26.5 Å². The fraction of sp³-hybridized carbons (Fsp3) is 0.450. The van der Waals surface area contributed by atoms with Gasteiger partial charge in [-0.15, -0.1) is 0 Å². The van der Waals surface area contributed by atoms with Crippen LogP contribution in [-0.2, 0) is 10.8 Å². The molecule has 1 aromatic heterocycles. The average Bonchev–Trinajstić information content (AvgIpc) is 3.22. The number of aromatic nitrogens is 1. The van der Waals surface area contributed by atoms with Crippen molar-refractivity contribution in [1.29, 1.82) is 0 Å². The predicted molar refractivity (Wildman–Crippen MR) is 99.7 cm³/mol. The van der Waals surface area contributed by atoms with Gasteiger partial charge in [-0.3, -0.25) is 4.21 Å². The highest BCUT2D eigenvalue weighted by Gasteiger charge is 2.25. The Kier molecular flexibility index (Phi) is 5.42. The number of rotatable bonds is 6. The zero-order valence-corrected chi connectivity index (χ0v) is 15.6. The Morgan fingerprint density at radius 2 is 1.92 bits per heavy atom.